The molecule has 156 valence electrons. The summed E-state index contributed by atoms with van der Waals surface area (Å²) in [7, 11) is 1.59. The first-order valence-corrected chi connectivity index (χ1v) is 9.63. The molecule has 0 bridgehead atoms. The maximum Gasteiger partial charge on any atom is 0.222 e. The minimum atomic E-state index is -0.448. The molecule has 1 heterocycles. The van der Waals surface area contributed by atoms with Crippen LogP contribution in [0.15, 0.2) is 67.3 Å². The molecule has 2 amide bonds. The molecule has 0 radical (unpaired) electrons. The number of nitrogens with one attached hydrogen (secondary N) is 2. The lowest BCUT2D eigenvalue weighted by molar-refractivity contribution is -0.123. The van der Waals surface area contributed by atoms with E-state index >= 15 is 0 Å². The van der Waals surface area contributed by atoms with Crippen LogP contribution in [0.5, 0.6) is 5.75 Å². The summed E-state index contributed by atoms with van der Waals surface area (Å²) in [5.41, 5.74) is 1.79. The second kappa shape index (κ2) is 10.2. The number of hydrogen-bond acceptors (Lipinski definition) is 5. The van der Waals surface area contributed by atoms with Gasteiger partial charge in [0, 0.05) is 6.92 Å². The lowest BCUT2D eigenvalue weighted by Crippen LogP contribution is -2.36. The third kappa shape index (κ3) is 5.91. The van der Waals surface area contributed by atoms with Crippen LogP contribution in [-0.4, -0.2) is 33.7 Å². The number of hydrogen-bond donors (Lipinski definition) is 2. The van der Waals surface area contributed by atoms with Crippen LogP contribution in [-0.2, 0) is 16.1 Å². The molecule has 0 saturated heterocycles. The molecule has 3 aromatic rings. The summed E-state index contributed by atoms with van der Waals surface area (Å²) >= 11 is 0. The van der Waals surface area contributed by atoms with Crippen LogP contribution in [0.3, 0.4) is 0 Å². The fraction of sp³-hybridized carbons (Fsp3) is 0.273. The highest BCUT2D eigenvalue weighted by atomic mass is 16.5. The quantitative estimate of drug-likeness (QED) is 0.568. The van der Waals surface area contributed by atoms with E-state index in [2.05, 4.69) is 20.7 Å². The summed E-state index contributed by atoms with van der Waals surface area (Å²) in [6.07, 6.45) is 3.17. The van der Waals surface area contributed by atoms with E-state index < -0.39 is 6.04 Å². The Kier molecular flexibility index (Phi) is 7.15. The number of methoxy groups -OCH3 is 1. The molecular formula is C22H25N5O3. The molecule has 0 spiro atoms. The molecule has 0 aliphatic heterocycles. The van der Waals surface area contributed by atoms with Crippen molar-refractivity contribution in [3.8, 4) is 5.75 Å². The number of nitrogens with zero attached hydrogens (tertiary/aromatic N) is 3. The average molecular weight is 407 g/mol. The summed E-state index contributed by atoms with van der Waals surface area (Å²) in [6, 6.07) is 16.2. The molecule has 8 heteroatoms. The smallest absolute Gasteiger partial charge is 0.222 e. The van der Waals surface area contributed by atoms with Gasteiger partial charge in [-0.2, -0.15) is 5.10 Å². The molecule has 0 aliphatic carbocycles. The maximum atomic E-state index is 12.9. The van der Waals surface area contributed by atoms with E-state index in [1.165, 1.54) is 13.3 Å². The summed E-state index contributed by atoms with van der Waals surface area (Å²) in [4.78, 5) is 28.6. The normalized spacial score (nSPS) is 12.6. The largest absolute Gasteiger partial charge is 0.497 e. The highest BCUT2D eigenvalue weighted by Gasteiger charge is 2.21. The van der Waals surface area contributed by atoms with Gasteiger partial charge in [0.25, 0.3) is 0 Å². The number of ether oxygens (including phenoxy) is 1. The van der Waals surface area contributed by atoms with Gasteiger partial charge in [-0.1, -0.05) is 42.5 Å². The minimum Gasteiger partial charge on any atom is -0.497 e. The van der Waals surface area contributed by atoms with Crippen molar-refractivity contribution in [2.45, 2.75) is 32.0 Å². The molecule has 2 atom stereocenters. The summed E-state index contributed by atoms with van der Waals surface area (Å²) in [5.74, 6) is 0.325. The fourth-order valence-corrected chi connectivity index (χ4v) is 3.21. The molecular weight excluding hydrogens is 382 g/mol. The van der Waals surface area contributed by atoms with E-state index in [1.54, 1.807) is 30.3 Å². The van der Waals surface area contributed by atoms with E-state index in [4.69, 9.17) is 4.74 Å². The molecule has 30 heavy (non-hydrogen) atoms. The molecule has 0 fully saturated rings. The van der Waals surface area contributed by atoms with Crippen molar-refractivity contribution >= 4 is 11.8 Å². The molecule has 0 aliphatic rings. The Bertz CT molecular complexity index is 943. The Morgan fingerprint density at radius 1 is 1.00 bits per heavy atom. The van der Waals surface area contributed by atoms with E-state index in [0.717, 1.165) is 11.1 Å². The maximum absolute atomic E-state index is 12.9. The van der Waals surface area contributed by atoms with Crippen molar-refractivity contribution in [1.82, 2.24) is 25.4 Å². The van der Waals surface area contributed by atoms with Gasteiger partial charge in [-0.05, 0) is 23.3 Å². The zero-order valence-corrected chi connectivity index (χ0v) is 17.0. The van der Waals surface area contributed by atoms with Gasteiger partial charge in [-0.3, -0.25) is 14.3 Å². The van der Waals surface area contributed by atoms with E-state index in [-0.39, 0.29) is 24.3 Å². The zero-order chi connectivity index (χ0) is 21.3. The summed E-state index contributed by atoms with van der Waals surface area (Å²) < 4.78 is 6.86. The number of rotatable bonds is 9. The van der Waals surface area contributed by atoms with Gasteiger partial charge >= 0.3 is 0 Å². The molecule has 0 saturated carbocycles. The minimum absolute atomic E-state index is 0.104. The van der Waals surface area contributed by atoms with Crippen LogP contribution in [0.4, 0.5) is 0 Å². The number of carbonyl (C=O) groups is 2. The highest BCUT2D eigenvalue weighted by molar-refractivity contribution is 5.79. The number of carbonyl (C=O) groups excluding carboxylic acids is 2. The van der Waals surface area contributed by atoms with Gasteiger partial charge in [0.05, 0.1) is 32.2 Å². The number of benzene rings is 2. The van der Waals surface area contributed by atoms with E-state index in [1.807, 2.05) is 42.5 Å². The Labute approximate surface area is 175 Å². The second-order valence-corrected chi connectivity index (χ2v) is 6.88. The Morgan fingerprint density at radius 3 is 2.30 bits per heavy atom. The Hall–Kier alpha value is -3.68. The third-order valence-electron chi connectivity index (χ3n) is 4.66. The van der Waals surface area contributed by atoms with Crippen LogP contribution in [0.2, 0.25) is 0 Å². The predicted molar refractivity (Wildman–Crippen MR) is 112 cm³/mol. The average Bonchev–Trinajstić information content (AvgIpc) is 3.26. The van der Waals surface area contributed by atoms with Crippen LogP contribution in [0, 0.1) is 0 Å². The topological polar surface area (TPSA) is 98.1 Å². The first-order chi connectivity index (χ1) is 14.5. The van der Waals surface area contributed by atoms with Gasteiger partial charge in [0.15, 0.2) is 0 Å². The predicted octanol–water partition coefficient (Wildman–Crippen LogP) is 2.41. The lowest BCUT2D eigenvalue weighted by Gasteiger charge is -2.22. The van der Waals surface area contributed by atoms with Crippen molar-refractivity contribution in [3.05, 3.63) is 78.4 Å². The Morgan fingerprint density at radius 2 is 1.70 bits per heavy atom. The van der Waals surface area contributed by atoms with Crippen molar-refractivity contribution in [3.63, 3.8) is 0 Å². The SMILES string of the molecule is COc1ccc(C(CC(=O)NC(Cn2cncn2)c2ccccc2)NC(C)=O)cc1. The van der Waals surface area contributed by atoms with Crippen LogP contribution in [0.25, 0.3) is 0 Å². The molecule has 8 nitrogen and oxygen atoms in total. The first-order valence-electron chi connectivity index (χ1n) is 9.63. The standard InChI is InChI=1S/C22H25N5O3/c1-16(28)25-20(18-8-10-19(30-2)11-9-18)12-22(29)26-21(13-27-15-23-14-24-27)17-6-4-3-5-7-17/h3-11,14-15,20-21H,12-13H2,1-2H3,(H,25,28)(H,26,29). The summed E-state index contributed by atoms with van der Waals surface area (Å²) in [6.45, 7) is 1.88. The zero-order valence-electron chi connectivity index (χ0n) is 17.0. The Balaban J connectivity index is 1.74. The van der Waals surface area contributed by atoms with Gasteiger partial charge in [0.2, 0.25) is 11.8 Å². The number of amides is 2. The fourth-order valence-electron chi connectivity index (χ4n) is 3.21. The van der Waals surface area contributed by atoms with Crippen molar-refractivity contribution in [2.24, 2.45) is 0 Å². The summed E-state index contributed by atoms with van der Waals surface area (Å²) in [5, 5.41) is 10.1. The second-order valence-electron chi connectivity index (χ2n) is 6.88. The van der Waals surface area contributed by atoms with Crippen molar-refractivity contribution < 1.29 is 14.3 Å². The molecule has 2 N–H and O–H groups in total. The van der Waals surface area contributed by atoms with E-state index in [9.17, 15) is 9.59 Å². The monoisotopic (exact) mass is 407 g/mol. The first kappa shape index (κ1) is 21.0. The van der Waals surface area contributed by atoms with Crippen LogP contribution < -0.4 is 15.4 Å². The van der Waals surface area contributed by atoms with Crippen molar-refractivity contribution in [2.75, 3.05) is 7.11 Å². The number of aromatic nitrogens is 3. The van der Waals surface area contributed by atoms with Gasteiger partial charge in [0.1, 0.15) is 18.4 Å². The molecule has 3 rings (SSSR count). The van der Waals surface area contributed by atoms with E-state index in [0.29, 0.717) is 12.3 Å². The highest BCUT2D eigenvalue weighted by Crippen LogP contribution is 2.22. The lowest BCUT2D eigenvalue weighted by atomic mass is 10.0. The molecule has 1 aromatic heterocycles. The van der Waals surface area contributed by atoms with Gasteiger partial charge in [-0.25, -0.2) is 4.98 Å². The van der Waals surface area contributed by atoms with Crippen LogP contribution >= 0.6 is 0 Å². The third-order valence-corrected chi connectivity index (χ3v) is 4.66. The van der Waals surface area contributed by atoms with Crippen LogP contribution in [0.1, 0.15) is 36.6 Å². The van der Waals surface area contributed by atoms with Crippen molar-refractivity contribution in [1.29, 1.82) is 0 Å². The molecule has 2 unspecified atom stereocenters. The molecule has 2 aromatic carbocycles. The van der Waals surface area contributed by atoms with Gasteiger partial charge in [-0.15, -0.1) is 0 Å². The van der Waals surface area contributed by atoms with Gasteiger partial charge < -0.3 is 15.4 Å².